The fourth-order valence-electron chi connectivity index (χ4n) is 6.36. The van der Waals surface area contributed by atoms with Crippen LogP contribution >= 0.6 is 46.4 Å². The largest absolute Gasteiger partial charge is 0.437 e. The summed E-state index contributed by atoms with van der Waals surface area (Å²) in [6.45, 7) is 0. The lowest BCUT2D eigenvalue weighted by atomic mass is 10.1. The molecule has 0 saturated carbocycles. The van der Waals surface area contributed by atoms with Crippen LogP contribution in [0.25, 0.3) is 0 Å². The van der Waals surface area contributed by atoms with Crippen LogP contribution in [0, 0.1) is 0 Å². The summed E-state index contributed by atoms with van der Waals surface area (Å²) in [7, 11) is -6.67. The summed E-state index contributed by atoms with van der Waals surface area (Å²) >= 11 is 27.4. The molecule has 0 saturated heterocycles. The molecule has 52 heavy (non-hydrogen) atoms. The highest BCUT2D eigenvalue weighted by atomic mass is 35.5. The molecule has 0 aliphatic heterocycles. The van der Waals surface area contributed by atoms with Gasteiger partial charge in [0.05, 0.1) is 20.1 Å². The maximum atomic E-state index is 7.01. The van der Waals surface area contributed by atoms with Crippen LogP contribution in [0.4, 0.5) is 0 Å². The SMILES string of the molecule is ClC1=C(Cl)C(Cl)=C(Cl)C(=NO[Si](c2ccccc2)(c2ccccc2)c2ccccc2)C1=NO[Si](c1ccccc1)(c1ccccc1)c1ccccc1. The first kappa shape index (κ1) is 35.7. The van der Waals surface area contributed by atoms with Gasteiger partial charge in [-0.15, -0.1) is 0 Å². The maximum Gasteiger partial charge on any atom is 0.380 e. The van der Waals surface area contributed by atoms with Crippen molar-refractivity contribution >= 4 is 106 Å². The summed E-state index contributed by atoms with van der Waals surface area (Å²) in [4.78, 5) is 0. The van der Waals surface area contributed by atoms with Gasteiger partial charge in [-0.2, -0.15) is 0 Å². The van der Waals surface area contributed by atoms with Crippen molar-refractivity contribution in [2.75, 3.05) is 0 Å². The highest BCUT2D eigenvalue weighted by Crippen LogP contribution is 2.37. The van der Waals surface area contributed by atoms with E-state index in [0.29, 0.717) is 0 Å². The molecule has 256 valence electrons. The molecule has 6 aromatic rings. The molecule has 0 bridgehead atoms. The quantitative estimate of drug-likeness (QED) is 0.0627. The molecule has 10 heteroatoms. The molecule has 1 aliphatic rings. The molecule has 0 fully saturated rings. The molecule has 0 radical (unpaired) electrons. The van der Waals surface area contributed by atoms with Crippen molar-refractivity contribution in [3.8, 4) is 0 Å². The van der Waals surface area contributed by atoms with E-state index in [0.717, 1.165) is 31.1 Å². The minimum Gasteiger partial charge on any atom is -0.437 e. The molecule has 0 unspecified atom stereocenters. The van der Waals surface area contributed by atoms with Crippen LogP contribution in [0.1, 0.15) is 0 Å². The molecule has 0 amide bonds. The van der Waals surface area contributed by atoms with Gasteiger partial charge in [-0.25, -0.2) is 0 Å². The lowest BCUT2D eigenvalue weighted by Crippen LogP contribution is -2.68. The van der Waals surface area contributed by atoms with Gasteiger partial charge in [0.2, 0.25) is 0 Å². The van der Waals surface area contributed by atoms with E-state index in [9.17, 15) is 0 Å². The van der Waals surface area contributed by atoms with Crippen molar-refractivity contribution in [2.24, 2.45) is 10.3 Å². The Kier molecular flexibility index (Phi) is 10.9. The number of rotatable bonds is 10. The Balaban J connectivity index is 1.45. The van der Waals surface area contributed by atoms with E-state index < -0.39 is 16.6 Å². The highest BCUT2D eigenvalue weighted by molar-refractivity contribution is 7.07. The van der Waals surface area contributed by atoms with Gasteiger partial charge in [-0.1, -0.05) is 239 Å². The second-order valence-electron chi connectivity index (χ2n) is 11.9. The second kappa shape index (κ2) is 15.9. The van der Waals surface area contributed by atoms with Crippen molar-refractivity contribution in [1.82, 2.24) is 0 Å². The zero-order valence-electron chi connectivity index (χ0n) is 27.5. The van der Waals surface area contributed by atoms with Crippen LogP contribution in [-0.2, 0) is 9.05 Å². The Hall–Kier alpha value is -4.67. The Bertz CT molecular complexity index is 1920. The monoisotopic (exact) mass is 790 g/mol. The number of allylic oxidation sites excluding steroid dienone is 4. The Morgan fingerprint density at radius 1 is 0.288 bits per heavy atom. The normalized spacial score (nSPS) is 15.2. The molecule has 7 rings (SSSR count). The minimum atomic E-state index is -3.34. The Morgan fingerprint density at radius 3 is 0.673 bits per heavy atom. The molecule has 0 heterocycles. The van der Waals surface area contributed by atoms with Crippen LogP contribution in [-0.4, -0.2) is 28.1 Å². The minimum absolute atomic E-state index is 0.0266. The van der Waals surface area contributed by atoms with Crippen LogP contribution in [0.2, 0.25) is 0 Å². The predicted octanol–water partition coefficient (Wildman–Crippen LogP) is 7.46. The third-order valence-electron chi connectivity index (χ3n) is 8.85. The van der Waals surface area contributed by atoms with E-state index in [1.807, 2.05) is 109 Å². The van der Waals surface area contributed by atoms with Gasteiger partial charge in [0.1, 0.15) is 0 Å². The van der Waals surface area contributed by atoms with E-state index in [-0.39, 0.29) is 31.6 Å². The lowest BCUT2D eigenvalue weighted by Gasteiger charge is -2.31. The smallest absolute Gasteiger partial charge is 0.380 e. The summed E-state index contributed by atoms with van der Waals surface area (Å²) in [5.41, 5.74) is 0.190. The van der Waals surface area contributed by atoms with E-state index in [1.165, 1.54) is 0 Å². The van der Waals surface area contributed by atoms with Crippen molar-refractivity contribution in [3.63, 3.8) is 0 Å². The first-order valence-electron chi connectivity index (χ1n) is 16.4. The number of oxime groups is 2. The molecule has 0 atom stereocenters. The third-order valence-corrected chi connectivity index (χ3v) is 18.2. The van der Waals surface area contributed by atoms with Gasteiger partial charge in [0.15, 0.2) is 11.4 Å². The lowest BCUT2D eigenvalue weighted by molar-refractivity contribution is 0.344. The van der Waals surface area contributed by atoms with Gasteiger partial charge >= 0.3 is 16.6 Å². The number of benzene rings is 6. The first-order valence-corrected chi connectivity index (χ1v) is 21.8. The summed E-state index contributed by atoms with van der Waals surface area (Å²) in [6.07, 6.45) is 0. The van der Waals surface area contributed by atoms with E-state index in [4.69, 9.17) is 65.8 Å². The zero-order valence-corrected chi connectivity index (χ0v) is 32.6. The number of hydrogen-bond donors (Lipinski definition) is 0. The average molecular weight is 793 g/mol. The van der Waals surface area contributed by atoms with Gasteiger partial charge < -0.3 is 9.05 Å². The molecule has 4 nitrogen and oxygen atoms in total. The predicted molar refractivity (Wildman–Crippen MR) is 222 cm³/mol. The van der Waals surface area contributed by atoms with Gasteiger partial charge in [0.25, 0.3) is 0 Å². The van der Waals surface area contributed by atoms with E-state index in [2.05, 4.69) is 72.8 Å². The number of nitrogens with zero attached hydrogens (tertiary/aromatic N) is 2. The fraction of sp³-hybridized carbons (Fsp3) is 0. The summed E-state index contributed by atoms with van der Waals surface area (Å²) in [5, 5.41) is 15.6. The third kappa shape index (κ3) is 6.70. The van der Waals surface area contributed by atoms with Crippen LogP contribution in [0.5, 0.6) is 0 Å². The maximum absolute atomic E-state index is 7.01. The van der Waals surface area contributed by atoms with Gasteiger partial charge in [0, 0.05) is 0 Å². The fourth-order valence-corrected chi connectivity index (χ4v) is 14.3. The van der Waals surface area contributed by atoms with Crippen molar-refractivity contribution in [2.45, 2.75) is 0 Å². The van der Waals surface area contributed by atoms with Crippen LogP contribution in [0.15, 0.2) is 212 Å². The zero-order chi connectivity index (χ0) is 36.0. The van der Waals surface area contributed by atoms with Crippen LogP contribution in [0.3, 0.4) is 0 Å². The van der Waals surface area contributed by atoms with Crippen molar-refractivity contribution < 1.29 is 9.05 Å². The van der Waals surface area contributed by atoms with Crippen molar-refractivity contribution in [3.05, 3.63) is 202 Å². The molecule has 0 aromatic heterocycles. The topological polar surface area (TPSA) is 43.2 Å². The first-order chi connectivity index (χ1) is 25.5. The molecule has 1 aliphatic carbocycles. The molecule has 0 N–H and O–H groups in total. The number of halogens is 4. The van der Waals surface area contributed by atoms with Gasteiger partial charge in [-0.3, -0.25) is 0 Å². The standard InChI is InChI=1S/C42H30Cl4N2O2Si2/c43-37-38(44)40(46)42(48-50-52(34-25-13-4-14-26-34,35-27-15-5-16-28-35)36-29-17-6-18-30-36)41(39(37)45)47-49-51(31-19-7-1-8-20-31,32-21-9-2-10-22-32)33-23-11-3-12-24-33/h1-30H. The van der Waals surface area contributed by atoms with E-state index >= 15 is 0 Å². The molecule has 6 aromatic carbocycles. The summed E-state index contributed by atoms with van der Waals surface area (Å²) in [6, 6.07) is 60.4. The number of hydrogen-bond acceptors (Lipinski definition) is 4. The summed E-state index contributed by atoms with van der Waals surface area (Å²) < 4.78 is 13.9. The molecule has 0 spiro atoms. The molecular formula is C42H30Cl4N2O2Si2. The van der Waals surface area contributed by atoms with E-state index in [1.54, 1.807) is 0 Å². The second-order valence-corrected chi connectivity index (χ2v) is 19.9. The molecular weight excluding hydrogens is 762 g/mol. The van der Waals surface area contributed by atoms with Gasteiger partial charge in [-0.05, 0) is 31.1 Å². The van der Waals surface area contributed by atoms with Crippen LogP contribution < -0.4 is 31.1 Å². The average Bonchev–Trinajstić information content (AvgIpc) is 3.22. The summed E-state index contributed by atoms with van der Waals surface area (Å²) in [5.74, 6) is 0. The highest BCUT2D eigenvalue weighted by Gasteiger charge is 2.47. The Labute approximate surface area is 325 Å². The van der Waals surface area contributed by atoms with Crippen molar-refractivity contribution in [1.29, 1.82) is 0 Å². The Morgan fingerprint density at radius 2 is 0.481 bits per heavy atom.